The summed E-state index contributed by atoms with van der Waals surface area (Å²) in [5, 5.41) is 11.6. The molecule has 1 heterocycles. The molecule has 0 atom stereocenters. The van der Waals surface area contributed by atoms with E-state index >= 15 is 0 Å². The van der Waals surface area contributed by atoms with Crippen LogP contribution < -0.4 is 9.47 Å². The van der Waals surface area contributed by atoms with Gasteiger partial charge in [-0.05, 0) is 37.3 Å². The second-order valence-electron chi connectivity index (χ2n) is 5.36. The summed E-state index contributed by atoms with van der Waals surface area (Å²) in [5.74, 6) is 1.90. The molecule has 25 heavy (non-hydrogen) atoms. The van der Waals surface area contributed by atoms with Crippen LogP contribution in [0.25, 0.3) is 11.4 Å². The van der Waals surface area contributed by atoms with Gasteiger partial charge < -0.3 is 9.47 Å². The van der Waals surface area contributed by atoms with Crippen LogP contribution in [0.1, 0.15) is 11.1 Å². The Labute approximate surface area is 150 Å². The zero-order valence-electron chi connectivity index (χ0n) is 14.2. The number of nitrogens with one attached hydrogen (secondary N) is 1. The van der Waals surface area contributed by atoms with Crippen molar-refractivity contribution in [3.05, 3.63) is 58.4 Å². The molecule has 0 aliphatic rings. The van der Waals surface area contributed by atoms with Crippen molar-refractivity contribution in [1.82, 2.24) is 14.9 Å². The van der Waals surface area contributed by atoms with Crippen LogP contribution in [-0.2, 0) is 0 Å². The molecule has 0 unspecified atom stereocenters. The van der Waals surface area contributed by atoms with Crippen molar-refractivity contribution < 1.29 is 9.47 Å². The standard InChI is InChI=1S/C18H18N4O2S/c1-12-6-4-7-13(10-12)17-20-21-18(25)22(17)19-11-14-8-5-9-15(23-2)16(14)24-3/h4-11H,1-3H3,(H,21,25)/b19-11-. The van der Waals surface area contributed by atoms with Crippen LogP contribution in [0, 0.1) is 11.7 Å². The molecule has 1 aromatic heterocycles. The largest absolute Gasteiger partial charge is 0.493 e. The van der Waals surface area contributed by atoms with Crippen LogP contribution in [0.4, 0.5) is 0 Å². The fraction of sp³-hybridized carbons (Fsp3) is 0.167. The summed E-state index contributed by atoms with van der Waals surface area (Å²) in [7, 11) is 3.19. The molecule has 3 rings (SSSR count). The number of methoxy groups -OCH3 is 2. The Morgan fingerprint density at radius 1 is 1.16 bits per heavy atom. The van der Waals surface area contributed by atoms with Crippen LogP contribution in [0.15, 0.2) is 47.6 Å². The van der Waals surface area contributed by atoms with Gasteiger partial charge in [0.2, 0.25) is 4.77 Å². The number of rotatable bonds is 5. The van der Waals surface area contributed by atoms with Crippen LogP contribution in [0.3, 0.4) is 0 Å². The van der Waals surface area contributed by atoms with Gasteiger partial charge in [0, 0.05) is 11.1 Å². The van der Waals surface area contributed by atoms with Crippen molar-refractivity contribution in [1.29, 1.82) is 0 Å². The minimum absolute atomic E-state index is 0.412. The van der Waals surface area contributed by atoms with Crippen LogP contribution in [-0.4, -0.2) is 35.3 Å². The zero-order valence-corrected chi connectivity index (χ0v) is 15.0. The molecule has 3 aromatic rings. The van der Waals surface area contributed by atoms with Gasteiger partial charge in [-0.3, -0.25) is 0 Å². The van der Waals surface area contributed by atoms with E-state index in [1.165, 1.54) is 0 Å². The Kier molecular flexibility index (Phi) is 4.95. The lowest BCUT2D eigenvalue weighted by molar-refractivity contribution is 0.354. The predicted octanol–water partition coefficient (Wildman–Crippen LogP) is 3.82. The number of nitrogens with zero attached hydrogens (tertiary/aromatic N) is 3. The summed E-state index contributed by atoms with van der Waals surface area (Å²) in [4.78, 5) is 0. The van der Waals surface area contributed by atoms with E-state index in [4.69, 9.17) is 21.7 Å². The van der Waals surface area contributed by atoms with Crippen molar-refractivity contribution in [3.8, 4) is 22.9 Å². The number of benzene rings is 2. The van der Waals surface area contributed by atoms with E-state index in [1.54, 1.807) is 25.1 Å². The average molecular weight is 354 g/mol. The zero-order chi connectivity index (χ0) is 17.8. The molecule has 0 radical (unpaired) electrons. The highest BCUT2D eigenvalue weighted by atomic mass is 32.1. The first-order chi connectivity index (χ1) is 12.1. The maximum absolute atomic E-state index is 5.42. The van der Waals surface area contributed by atoms with E-state index in [0.717, 1.165) is 16.7 Å². The van der Waals surface area contributed by atoms with Crippen molar-refractivity contribution >= 4 is 18.4 Å². The van der Waals surface area contributed by atoms with Crippen molar-refractivity contribution in [3.63, 3.8) is 0 Å². The van der Waals surface area contributed by atoms with E-state index in [2.05, 4.69) is 15.3 Å². The summed E-state index contributed by atoms with van der Waals surface area (Å²) in [5.41, 5.74) is 2.85. The summed E-state index contributed by atoms with van der Waals surface area (Å²) in [6, 6.07) is 13.6. The molecule has 0 saturated carbocycles. The Bertz CT molecular complexity index is 975. The summed E-state index contributed by atoms with van der Waals surface area (Å²) >= 11 is 5.31. The van der Waals surface area contributed by atoms with Gasteiger partial charge in [0.25, 0.3) is 0 Å². The molecule has 0 saturated heterocycles. The third kappa shape index (κ3) is 3.46. The lowest BCUT2D eigenvalue weighted by Crippen LogP contribution is -1.98. The molecule has 0 bridgehead atoms. The average Bonchev–Trinajstić information content (AvgIpc) is 3.00. The van der Waals surface area contributed by atoms with Gasteiger partial charge in [0.05, 0.1) is 20.4 Å². The summed E-state index contributed by atoms with van der Waals surface area (Å²) < 4.78 is 12.7. The molecule has 0 amide bonds. The molecular formula is C18H18N4O2S. The third-order valence-electron chi connectivity index (χ3n) is 3.67. The number of aromatic nitrogens is 3. The SMILES string of the molecule is COc1cccc(/C=N\n2c(-c3cccc(C)c3)n[nH]c2=S)c1OC. The summed E-state index contributed by atoms with van der Waals surface area (Å²) in [6.07, 6.45) is 1.67. The number of hydrogen-bond donors (Lipinski definition) is 1. The molecule has 128 valence electrons. The Morgan fingerprint density at radius 3 is 2.68 bits per heavy atom. The first kappa shape index (κ1) is 16.9. The second-order valence-corrected chi connectivity index (χ2v) is 5.75. The molecule has 0 aliphatic carbocycles. The van der Waals surface area contributed by atoms with E-state index in [-0.39, 0.29) is 0 Å². The minimum atomic E-state index is 0.412. The van der Waals surface area contributed by atoms with Gasteiger partial charge in [-0.25, -0.2) is 5.10 Å². The predicted molar refractivity (Wildman–Crippen MR) is 100 cm³/mol. The first-order valence-electron chi connectivity index (χ1n) is 7.64. The van der Waals surface area contributed by atoms with Crippen molar-refractivity contribution in [2.45, 2.75) is 6.92 Å². The number of aryl methyl sites for hydroxylation is 1. The van der Waals surface area contributed by atoms with Crippen LogP contribution >= 0.6 is 12.2 Å². The van der Waals surface area contributed by atoms with Gasteiger partial charge >= 0.3 is 0 Å². The Balaban J connectivity index is 2.04. The van der Waals surface area contributed by atoms with E-state index < -0.39 is 0 Å². The smallest absolute Gasteiger partial charge is 0.216 e. The molecule has 6 nitrogen and oxygen atoms in total. The highest BCUT2D eigenvalue weighted by Gasteiger charge is 2.10. The molecule has 2 aromatic carbocycles. The van der Waals surface area contributed by atoms with Gasteiger partial charge in [0.15, 0.2) is 17.3 Å². The first-order valence-corrected chi connectivity index (χ1v) is 8.04. The van der Waals surface area contributed by atoms with Crippen molar-refractivity contribution in [2.24, 2.45) is 5.10 Å². The van der Waals surface area contributed by atoms with Gasteiger partial charge in [0.1, 0.15) is 0 Å². The monoisotopic (exact) mass is 354 g/mol. The van der Waals surface area contributed by atoms with E-state index in [1.807, 2.05) is 49.4 Å². The molecule has 1 N–H and O–H groups in total. The van der Waals surface area contributed by atoms with E-state index in [9.17, 15) is 0 Å². The quantitative estimate of drug-likeness (QED) is 0.559. The second kappa shape index (κ2) is 7.31. The number of hydrogen-bond acceptors (Lipinski definition) is 5. The van der Waals surface area contributed by atoms with Gasteiger partial charge in [-0.1, -0.05) is 29.8 Å². The molecule has 7 heteroatoms. The molecule has 0 fully saturated rings. The number of aromatic amines is 1. The number of para-hydroxylation sites is 1. The fourth-order valence-electron chi connectivity index (χ4n) is 2.50. The topological polar surface area (TPSA) is 64.4 Å². The minimum Gasteiger partial charge on any atom is -0.493 e. The summed E-state index contributed by atoms with van der Waals surface area (Å²) in [6.45, 7) is 2.03. The van der Waals surface area contributed by atoms with Gasteiger partial charge in [-0.2, -0.15) is 14.9 Å². The molecular weight excluding hydrogens is 336 g/mol. The Hall–Kier alpha value is -2.93. The highest BCUT2D eigenvalue weighted by Crippen LogP contribution is 2.29. The Morgan fingerprint density at radius 2 is 1.96 bits per heavy atom. The third-order valence-corrected chi connectivity index (χ3v) is 3.94. The lowest BCUT2D eigenvalue weighted by Gasteiger charge is -2.09. The lowest BCUT2D eigenvalue weighted by atomic mass is 10.1. The molecule has 0 spiro atoms. The van der Waals surface area contributed by atoms with Crippen LogP contribution in [0.2, 0.25) is 0 Å². The number of H-pyrrole nitrogens is 1. The van der Waals surface area contributed by atoms with E-state index in [0.29, 0.717) is 22.1 Å². The maximum atomic E-state index is 5.42. The van der Waals surface area contributed by atoms with Crippen LogP contribution in [0.5, 0.6) is 11.5 Å². The normalized spacial score (nSPS) is 11.0. The van der Waals surface area contributed by atoms with Crippen molar-refractivity contribution in [2.75, 3.05) is 14.2 Å². The highest BCUT2D eigenvalue weighted by molar-refractivity contribution is 7.71. The fourth-order valence-corrected chi connectivity index (χ4v) is 2.68. The maximum Gasteiger partial charge on any atom is 0.216 e. The number of ether oxygens (including phenoxy) is 2. The molecule has 0 aliphatic heterocycles. The van der Waals surface area contributed by atoms with Gasteiger partial charge in [-0.15, -0.1) is 0 Å².